The Hall–Kier alpha value is -0.320. The van der Waals surface area contributed by atoms with Crippen molar-refractivity contribution in [2.24, 2.45) is 11.8 Å². The number of rotatable bonds is 7. The zero-order valence-electron chi connectivity index (χ0n) is 14.6. The average Bonchev–Trinajstić information content (AvgIpc) is 2.81. The number of hydrogen-bond acceptors (Lipinski definition) is 3. The fourth-order valence-corrected chi connectivity index (χ4v) is 3.72. The van der Waals surface area contributed by atoms with Gasteiger partial charge in [0.2, 0.25) is 5.91 Å². The Morgan fingerprint density at radius 1 is 1.17 bits per heavy atom. The fraction of sp³-hybridized carbons (Fsp3) is 0.944. The summed E-state index contributed by atoms with van der Waals surface area (Å²) >= 11 is 0. The lowest BCUT2D eigenvalue weighted by atomic mass is 9.85. The monoisotopic (exact) mass is 346 g/mol. The molecule has 4 nitrogen and oxygen atoms in total. The second-order valence-corrected chi connectivity index (χ2v) is 7.12. The molecule has 1 aliphatic carbocycles. The highest BCUT2D eigenvalue weighted by molar-refractivity contribution is 5.85. The number of nitrogens with one attached hydrogen (secondary N) is 2. The summed E-state index contributed by atoms with van der Waals surface area (Å²) in [4.78, 5) is 12.0. The summed E-state index contributed by atoms with van der Waals surface area (Å²) in [5.74, 6) is 1.31. The fourth-order valence-electron chi connectivity index (χ4n) is 3.72. The Balaban J connectivity index is 0.00000264. The van der Waals surface area contributed by atoms with E-state index < -0.39 is 0 Å². The van der Waals surface area contributed by atoms with Crippen molar-refractivity contribution in [3.8, 4) is 0 Å². The van der Waals surface area contributed by atoms with Crippen LogP contribution in [0.4, 0.5) is 0 Å². The second-order valence-electron chi connectivity index (χ2n) is 7.12. The SMILES string of the molecule is CC(CC(=O)NCCOC1CCCCCC1)C1CCCNC1.Cl. The summed E-state index contributed by atoms with van der Waals surface area (Å²) in [6, 6.07) is 0. The minimum absolute atomic E-state index is 0. The maximum atomic E-state index is 12.0. The van der Waals surface area contributed by atoms with E-state index in [1.807, 2.05) is 0 Å². The third-order valence-electron chi connectivity index (χ3n) is 5.23. The van der Waals surface area contributed by atoms with Crippen LogP contribution >= 0.6 is 12.4 Å². The molecule has 1 saturated carbocycles. The minimum atomic E-state index is 0. The van der Waals surface area contributed by atoms with E-state index in [9.17, 15) is 4.79 Å². The first-order valence-corrected chi connectivity index (χ1v) is 9.34. The van der Waals surface area contributed by atoms with Crippen molar-refractivity contribution < 1.29 is 9.53 Å². The van der Waals surface area contributed by atoms with Crippen LogP contribution in [0.1, 0.15) is 64.7 Å². The second kappa shape index (κ2) is 12.1. The molecule has 1 heterocycles. The van der Waals surface area contributed by atoms with Gasteiger partial charge in [-0.05, 0) is 50.6 Å². The van der Waals surface area contributed by atoms with Crippen LogP contribution in [0.5, 0.6) is 0 Å². The van der Waals surface area contributed by atoms with Crippen LogP contribution in [0.3, 0.4) is 0 Å². The number of hydrogen-bond donors (Lipinski definition) is 2. The maximum absolute atomic E-state index is 12.0. The van der Waals surface area contributed by atoms with Gasteiger partial charge in [-0.25, -0.2) is 0 Å². The van der Waals surface area contributed by atoms with Crippen molar-refractivity contribution in [3.63, 3.8) is 0 Å². The highest BCUT2D eigenvalue weighted by Gasteiger charge is 2.21. The number of carbonyl (C=O) groups excluding carboxylic acids is 1. The maximum Gasteiger partial charge on any atom is 0.220 e. The van der Waals surface area contributed by atoms with Crippen molar-refractivity contribution in [1.29, 1.82) is 0 Å². The van der Waals surface area contributed by atoms with Gasteiger partial charge in [0.1, 0.15) is 0 Å². The Morgan fingerprint density at radius 3 is 2.57 bits per heavy atom. The van der Waals surface area contributed by atoms with Gasteiger partial charge >= 0.3 is 0 Å². The number of halogens is 1. The van der Waals surface area contributed by atoms with E-state index in [0.29, 0.717) is 37.5 Å². The molecule has 2 fully saturated rings. The number of piperidine rings is 1. The van der Waals surface area contributed by atoms with E-state index in [4.69, 9.17) is 4.74 Å². The lowest BCUT2D eigenvalue weighted by molar-refractivity contribution is -0.122. The van der Waals surface area contributed by atoms with Crippen LogP contribution in [0.2, 0.25) is 0 Å². The Kier molecular flexibility index (Phi) is 10.9. The molecule has 0 spiro atoms. The summed E-state index contributed by atoms with van der Waals surface area (Å²) in [6.07, 6.45) is 11.3. The lowest BCUT2D eigenvalue weighted by Gasteiger charge is -2.28. The van der Waals surface area contributed by atoms with Crippen molar-refractivity contribution in [1.82, 2.24) is 10.6 Å². The molecular formula is C18H35ClN2O2. The van der Waals surface area contributed by atoms with E-state index in [2.05, 4.69) is 17.6 Å². The van der Waals surface area contributed by atoms with Gasteiger partial charge < -0.3 is 15.4 Å². The first kappa shape index (κ1) is 20.7. The number of amides is 1. The van der Waals surface area contributed by atoms with E-state index in [1.54, 1.807) is 0 Å². The summed E-state index contributed by atoms with van der Waals surface area (Å²) in [7, 11) is 0. The quantitative estimate of drug-likeness (QED) is 0.549. The Bertz CT molecular complexity index is 314. The van der Waals surface area contributed by atoms with Gasteiger partial charge in [-0.15, -0.1) is 12.4 Å². The molecule has 0 radical (unpaired) electrons. The molecule has 0 aromatic rings. The summed E-state index contributed by atoms with van der Waals surface area (Å²) in [5, 5.41) is 6.45. The van der Waals surface area contributed by atoms with Crippen LogP contribution in [0.25, 0.3) is 0 Å². The van der Waals surface area contributed by atoms with Gasteiger partial charge in [-0.1, -0.05) is 32.6 Å². The highest BCUT2D eigenvalue weighted by atomic mass is 35.5. The molecule has 2 unspecified atom stereocenters. The van der Waals surface area contributed by atoms with Gasteiger partial charge in [-0.3, -0.25) is 4.79 Å². The Morgan fingerprint density at radius 2 is 1.91 bits per heavy atom. The third-order valence-corrected chi connectivity index (χ3v) is 5.23. The molecule has 23 heavy (non-hydrogen) atoms. The van der Waals surface area contributed by atoms with Crippen molar-refractivity contribution in [2.45, 2.75) is 70.8 Å². The molecule has 5 heteroatoms. The van der Waals surface area contributed by atoms with Gasteiger partial charge in [0.15, 0.2) is 0 Å². The van der Waals surface area contributed by atoms with Crippen molar-refractivity contribution in [2.75, 3.05) is 26.2 Å². The van der Waals surface area contributed by atoms with Crippen molar-refractivity contribution in [3.05, 3.63) is 0 Å². The molecule has 1 aliphatic heterocycles. The average molecular weight is 347 g/mol. The standard InChI is InChI=1S/C18H34N2O2.ClH/c1-15(16-7-6-10-19-14-16)13-18(21)20-11-12-22-17-8-4-2-3-5-9-17;/h15-17,19H,2-14H2,1H3,(H,20,21);1H. The number of carbonyl (C=O) groups is 1. The molecule has 2 atom stereocenters. The van der Waals surface area contributed by atoms with Gasteiger partial charge in [0.25, 0.3) is 0 Å². The largest absolute Gasteiger partial charge is 0.376 e. The first-order chi connectivity index (χ1) is 10.8. The molecular weight excluding hydrogens is 312 g/mol. The zero-order chi connectivity index (χ0) is 15.6. The molecule has 1 amide bonds. The normalized spacial score (nSPS) is 24.3. The summed E-state index contributed by atoms with van der Waals surface area (Å²) < 4.78 is 5.91. The van der Waals surface area contributed by atoms with Crippen LogP contribution in [0, 0.1) is 11.8 Å². The van der Waals surface area contributed by atoms with E-state index in [-0.39, 0.29) is 18.3 Å². The number of ether oxygens (including phenoxy) is 1. The van der Waals surface area contributed by atoms with E-state index >= 15 is 0 Å². The molecule has 0 aromatic carbocycles. The smallest absolute Gasteiger partial charge is 0.220 e. The van der Waals surface area contributed by atoms with Crippen LogP contribution in [0.15, 0.2) is 0 Å². The van der Waals surface area contributed by atoms with Gasteiger partial charge in [0.05, 0.1) is 12.7 Å². The topological polar surface area (TPSA) is 50.4 Å². The lowest BCUT2D eigenvalue weighted by Crippen LogP contribution is -2.36. The van der Waals surface area contributed by atoms with Crippen molar-refractivity contribution >= 4 is 18.3 Å². The molecule has 0 bridgehead atoms. The van der Waals surface area contributed by atoms with Crippen LogP contribution in [-0.4, -0.2) is 38.3 Å². The predicted molar refractivity (Wildman–Crippen MR) is 97.1 cm³/mol. The molecule has 136 valence electrons. The molecule has 2 aliphatic rings. The van der Waals surface area contributed by atoms with E-state index in [1.165, 1.54) is 51.4 Å². The summed E-state index contributed by atoms with van der Waals surface area (Å²) in [6.45, 7) is 5.73. The third kappa shape index (κ3) is 8.37. The summed E-state index contributed by atoms with van der Waals surface area (Å²) in [5.41, 5.74) is 0. The van der Waals surface area contributed by atoms with Crippen LogP contribution in [-0.2, 0) is 9.53 Å². The molecule has 1 saturated heterocycles. The molecule has 0 aromatic heterocycles. The van der Waals surface area contributed by atoms with Crippen LogP contribution < -0.4 is 10.6 Å². The van der Waals surface area contributed by atoms with Gasteiger partial charge in [0, 0.05) is 13.0 Å². The minimum Gasteiger partial charge on any atom is -0.376 e. The zero-order valence-corrected chi connectivity index (χ0v) is 15.5. The van der Waals surface area contributed by atoms with E-state index in [0.717, 1.165) is 13.1 Å². The molecule has 2 rings (SSSR count). The predicted octanol–water partition coefficient (Wildman–Crippen LogP) is 3.29. The molecule has 2 N–H and O–H groups in total. The first-order valence-electron chi connectivity index (χ1n) is 9.34. The highest BCUT2D eigenvalue weighted by Crippen LogP contribution is 2.22. The Labute approximate surface area is 147 Å². The van der Waals surface area contributed by atoms with Gasteiger partial charge in [-0.2, -0.15) is 0 Å².